The Kier molecular flexibility index (Phi) is 2.80. The summed E-state index contributed by atoms with van der Waals surface area (Å²) in [4.78, 5) is 10.8. The van der Waals surface area contributed by atoms with Gasteiger partial charge in [-0.3, -0.25) is 4.79 Å². The van der Waals surface area contributed by atoms with E-state index < -0.39 is 5.24 Å². The number of ether oxygens (including phenoxy) is 2. The Morgan fingerprint density at radius 2 is 2.19 bits per heavy atom. The maximum Gasteiger partial charge on any atom is 0.262 e. The minimum Gasteiger partial charge on any atom is -0.454 e. The molecule has 1 aliphatic heterocycles. The summed E-state index contributed by atoms with van der Waals surface area (Å²) in [6, 6.07) is 6.83. The van der Waals surface area contributed by atoms with Crippen molar-refractivity contribution >= 4 is 22.9 Å². The molecule has 1 aromatic rings. The fourth-order valence-electron chi connectivity index (χ4n) is 1.30. The second kappa shape index (κ2) is 4.25. The number of nitriles is 1. The molecule has 0 atom stereocenters. The van der Waals surface area contributed by atoms with Crippen molar-refractivity contribution in [2.45, 2.75) is 0 Å². The first-order valence-corrected chi connectivity index (χ1v) is 4.80. The number of nitrogens with zero attached hydrogens (tertiary/aromatic N) is 1. The van der Waals surface area contributed by atoms with E-state index in [1.165, 1.54) is 6.08 Å². The Bertz CT molecular complexity index is 516. The second-order valence-electron chi connectivity index (χ2n) is 3.06. The Labute approximate surface area is 96.6 Å². The average Bonchev–Trinajstić information content (AvgIpc) is 2.72. The number of hydrogen-bond donors (Lipinski definition) is 0. The molecular formula is C11H6ClNO3. The van der Waals surface area contributed by atoms with E-state index in [0.29, 0.717) is 17.1 Å². The molecule has 0 spiro atoms. The lowest BCUT2D eigenvalue weighted by Gasteiger charge is -1.97. The van der Waals surface area contributed by atoms with Crippen molar-refractivity contribution < 1.29 is 14.3 Å². The van der Waals surface area contributed by atoms with Crippen molar-refractivity contribution in [3.63, 3.8) is 0 Å². The molecule has 0 bridgehead atoms. The zero-order valence-electron chi connectivity index (χ0n) is 8.07. The van der Waals surface area contributed by atoms with E-state index in [9.17, 15) is 4.79 Å². The number of carbonyl (C=O) groups excluding carboxylic acids is 1. The molecule has 1 heterocycles. The molecule has 0 amide bonds. The standard InChI is InChI=1S/C11H6ClNO3/c12-11(14)8(5-13)3-7-1-2-9-10(4-7)16-6-15-9/h1-4H,6H2/b8-3+. The molecular weight excluding hydrogens is 230 g/mol. The van der Waals surface area contributed by atoms with Gasteiger partial charge in [0.15, 0.2) is 11.5 Å². The first-order chi connectivity index (χ1) is 7.70. The lowest BCUT2D eigenvalue weighted by atomic mass is 10.1. The fourth-order valence-corrected chi connectivity index (χ4v) is 1.40. The van der Waals surface area contributed by atoms with Gasteiger partial charge in [-0.2, -0.15) is 5.26 Å². The third kappa shape index (κ3) is 2.00. The highest BCUT2D eigenvalue weighted by atomic mass is 35.5. The van der Waals surface area contributed by atoms with Crippen LogP contribution in [0.4, 0.5) is 0 Å². The van der Waals surface area contributed by atoms with E-state index in [0.717, 1.165) is 0 Å². The summed E-state index contributed by atoms with van der Waals surface area (Å²) < 4.78 is 10.3. The molecule has 1 aliphatic rings. The van der Waals surface area contributed by atoms with Gasteiger partial charge in [0.1, 0.15) is 11.6 Å². The highest BCUT2D eigenvalue weighted by Crippen LogP contribution is 2.33. The van der Waals surface area contributed by atoms with Crippen LogP contribution in [0.25, 0.3) is 6.08 Å². The minimum absolute atomic E-state index is 0.111. The quantitative estimate of drug-likeness (QED) is 0.447. The van der Waals surface area contributed by atoms with Crippen LogP contribution in [0.3, 0.4) is 0 Å². The highest BCUT2D eigenvalue weighted by molar-refractivity contribution is 6.68. The number of rotatable bonds is 2. The van der Waals surface area contributed by atoms with Crippen LogP contribution < -0.4 is 9.47 Å². The van der Waals surface area contributed by atoms with Crippen molar-refractivity contribution in [3.05, 3.63) is 29.3 Å². The lowest BCUT2D eigenvalue weighted by molar-refractivity contribution is -0.108. The van der Waals surface area contributed by atoms with E-state index in [1.54, 1.807) is 24.3 Å². The fraction of sp³-hybridized carbons (Fsp3) is 0.0909. The molecule has 0 aliphatic carbocycles. The predicted molar refractivity (Wildman–Crippen MR) is 57.0 cm³/mol. The van der Waals surface area contributed by atoms with Gasteiger partial charge < -0.3 is 9.47 Å². The highest BCUT2D eigenvalue weighted by Gasteiger charge is 2.13. The Morgan fingerprint density at radius 3 is 2.88 bits per heavy atom. The largest absolute Gasteiger partial charge is 0.454 e. The predicted octanol–water partition coefficient (Wildman–Crippen LogP) is 2.09. The number of halogens is 1. The number of hydrogen-bond acceptors (Lipinski definition) is 4. The van der Waals surface area contributed by atoms with E-state index in [1.807, 2.05) is 0 Å². The van der Waals surface area contributed by atoms with Crippen molar-refractivity contribution in [1.82, 2.24) is 0 Å². The van der Waals surface area contributed by atoms with Gasteiger partial charge >= 0.3 is 0 Å². The van der Waals surface area contributed by atoms with Gasteiger partial charge in [-0.05, 0) is 35.4 Å². The number of carbonyl (C=O) groups is 1. The van der Waals surface area contributed by atoms with Gasteiger partial charge in [-0.1, -0.05) is 6.07 Å². The molecule has 2 rings (SSSR count). The number of allylic oxidation sites excluding steroid dienone is 1. The molecule has 0 N–H and O–H groups in total. The summed E-state index contributed by atoms with van der Waals surface area (Å²) in [5, 5.41) is 7.89. The maximum absolute atomic E-state index is 10.8. The monoisotopic (exact) mass is 235 g/mol. The van der Waals surface area contributed by atoms with Crippen LogP contribution in [0, 0.1) is 11.3 Å². The molecule has 0 aromatic heterocycles. The van der Waals surface area contributed by atoms with Gasteiger partial charge in [0.2, 0.25) is 6.79 Å². The third-order valence-electron chi connectivity index (χ3n) is 2.04. The first kappa shape index (κ1) is 10.5. The van der Waals surface area contributed by atoms with Gasteiger partial charge in [-0.25, -0.2) is 0 Å². The second-order valence-corrected chi connectivity index (χ2v) is 3.40. The number of benzene rings is 1. The topological polar surface area (TPSA) is 59.3 Å². The Hall–Kier alpha value is -1.99. The van der Waals surface area contributed by atoms with Crippen molar-refractivity contribution in [2.75, 3.05) is 6.79 Å². The maximum atomic E-state index is 10.8. The smallest absolute Gasteiger partial charge is 0.262 e. The van der Waals surface area contributed by atoms with E-state index in [2.05, 4.69) is 0 Å². The summed E-state index contributed by atoms with van der Waals surface area (Å²) in [6.45, 7) is 0.183. The van der Waals surface area contributed by atoms with Crippen molar-refractivity contribution in [1.29, 1.82) is 5.26 Å². The molecule has 1 aromatic carbocycles. The summed E-state index contributed by atoms with van der Waals surface area (Å²) >= 11 is 5.23. The average molecular weight is 236 g/mol. The SMILES string of the molecule is N#C/C(=C\c1ccc2c(c1)OCO2)C(=O)Cl. The van der Waals surface area contributed by atoms with Crippen LogP contribution in [0.2, 0.25) is 0 Å². The number of fused-ring (bicyclic) bond motifs is 1. The summed E-state index contributed by atoms with van der Waals surface area (Å²) in [6.07, 6.45) is 1.40. The first-order valence-electron chi connectivity index (χ1n) is 4.42. The lowest BCUT2D eigenvalue weighted by Crippen LogP contribution is -1.92. The van der Waals surface area contributed by atoms with Crippen molar-refractivity contribution in [3.8, 4) is 17.6 Å². The van der Waals surface area contributed by atoms with Crippen LogP contribution in [0.15, 0.2) is 23.8 Å². The van der Waals surface area contributed by atoms with E-state index in [-0.39, 0.29) is 12.4 Å². The molecule has 0 saturated heterocycles. The Morgan fingerprint density at radius 1 is 1.44 bits per heavy atom. The van der Waals surface area contributed by atoms with Crippen molar-refractivity contribution in [2.24, 2.45) is 0 Å². The van der Waals surface area contributed by atoms with Gasteiger partial charge in [0, 0.05) is 0 Å². The van der Waals surface area contributed by atoms with Crippen LogP contribution in [-0.2, 0) is 4.79 Å². The van der Waals surface area contributed by atoms with Crippen LogP contribution in [0.1, 0.15) is 5.56 Å². The molecule has 80 valence electrons. The van der Waals surface area contributed by atoms with E-state index >= 15 is 0 Å². The molecule has 16 heavy (non-hydrogen) atoms. The van der Waals surface area contributed by atoms with Crippen LogP contribution >= 0.6 is 11.6 Å². The molecule has 0 fully saturated rings. The third-order valence-corrected chi connectivity index (χ3v) is 2.24. The van der Waals surface area contributed by atoms with Gasteiger partial charge in [-0.15, -0.1) is 0 Å². The zero-order valence-corrected chi connectivity index (χ0v) is 8.82. The Balaban J connectivity index is 2.36. The van der Waals surface area contributed by atoms with Gasteiger partial charge in [0.25, 0.3) is 5.24 Å². The minimum atomic E-state index is -0.778. The normalized spacial score (nSPS) is 13.4. The molecule has 5 heteroatoms. The van der Waals surface area contributed by atoms with Crippen LogP contribution in [0.5, 0.6) is 11.5 Å². The zero-order chi connectivity index (χ0) is 11.5. The summed E-state index contributed by atoms with van der Waals surface area (Å²) in [5.74, 6) is 1.24. The molecule has 4 nitrogen and oxygen atoms in total. The van der Waals surface area contributed by atoms with Gasteiger partial charge in [0.05, 0.1) is 0 Å². The summed E-state index contributed by atoms with van der Waals surface area (Å²) in [7, 11) is 0. The van der Waals surface area contributed by atoms with E-state index in [4.69, 9.17) is 26.3 Å². The van der Waals surface area contributed by atoms with Crippen LogP contribution in [-0.4, -0.2) is 12.0 Å². The summed E-state index contributed by atoms with van der Waals surface area (Å²) in [5.41, 5.74) is 0.551. The molecule has 0 saturated carbocycles. The molecule has 0 radical (unpaired) electrons. The molecule has 0 unspecified atom stereocenters.